The molecular weight excluding hydrogens is 388 g/mol. The number of H-pyrrole nitrogens is 1. The Balaban J connectivity index is 1.43. The number of benzene rings is 2. The zero-order chi connectivity index (χ0) is 21.3. The van der Waals surface area contributed by atoms with Crippen LogP contribution in [-0.2, 0) is 19.6 Å². The first kappa shape index (κ1) is 20.3. The Morgan fingerprint density at radius 2 is 1.97 bits per heavy atom. The normalized spacial score (nSPS) is 11.5. The van der Waals surface area contributed by atoms with E-state index in [-0.39, 0.29) is 0 Å². The molecule has 0 aliphatic carbocycles. The molecule has 4 rings (SSSR count). The van der Waals surface area contributed by atoms with E-state index in [1.54, 1.807) is 6.20 Å². The summed E-state index contributed by atoms with van der Waals surface area (Å²) in [5, 5.41) is 17.9. The molecule has 0 unspecified atom stereocenters. The first-order chi connectivity index (χ1) is 15.3. The van der Waals surface area contributed by atoms with E-state index in [1.165, 1.54) is 17.5 Å². The fraction of sp³-hybridized carbons (Fsp3) is 0.217. The van der Waals surface area contributed by atoms with Crippen LogP contribution in [-0.4, -0.2) is 37.5 Å². The van der Waals surface area contributed by atoms with Gasteiger partial charge in [0.2, 0.25) is 0 Å². The van der Waals surface area contributed by atoms with E-state index in [9.17, 15) is 0 Å². The summed E-state index contributed by atoms with van der Waals surface area (Å²) in [6, 6.07) is 18.5. The smallest absolute Gasteiger partial charge is 0.191 e. The van der Waals surface area contributed by atoms with E-state index in [0.717, 1.165) is 36.0 Å². The summed E-state index contributed by atoms with van der Waals surface area (Å²) >= 11 is 0. The molecule has 0 amide bonds. The van der Waals surface area contributed by atoms with Crippen LogP contribution < -0.4 is 10.6 Å². The second-order valence-corrected chi connectivity index (χ2v) is 7.06. The van der Waals surface area contributed by atoms with Crippen molar-refractivity contribution in [2.45, 2.75) is 26.6 Å². The van der Waals surface area contributed by atoms with Crippen LogP contribution in [0.2, 0.25) is 0 Å². The predicted octanol–water partition coefficient (Wildman–Crippen LogP) is 2.97. The van der Waals surface area contributed by atoms with Gasteiger partial charge in [0, 0.05) is 31.0 Å². The molecule has 3 N–H and O–H groups in total. The van der Waals surface area contributed by atoms with Crippen molar-refractivity contribution in [3.05, 3.63) is 90.0 Å². The van der Waals surface area contributed by atoms with Gasteiger partial charge >= 0.3 is 0 Å². The number of guanidine groups is 1. The number of nitrogens with one attached hydrogen (secondary N) is 3. The summed E-state index contributed by atoms with van der Waals surface area (Å²) < 4.78 is 1.93. The maximum atomic E-state index is 4.76. The maximum absolute atomic E-state index is 4.76. The molecule has 2 heterocycles. The average Bonchev–Trinajstić information content (AvgIpc) is 3.51. The number of aliphatic imine (C=N–C) groups is 1. The third-order valence-electron chi connectivity index (χ3n) is 4.84. The molecule has 0 spiro atoms. The van der Waals surface area contributed by atoms with Crippen LogP contribution >= 0.6 is 0 Å². The Hall–Kier alpha value is -3.94. The average molecular weight is 415 g/mol. The van der Waals surface area contributed by atoms with Crippen LogP contribution in [0.3, 0.4) is 0 Å². The first-order valence-corrected chi connectivity index (χ1v) is 10.3. The van der Waals surface area contributed by atoms with Gasteiger partial charge in [0.25, 0.3) is 0 Å². The molecule has 2 aromatic carbocycles. The summed E-state index contributed by atoms with van der Waals surface area (Å²) in [6.45, 7) is 4.84. The zero-order valence-electron chi connectivity index (χ0n) is 17.5. The van der Waals surface area contributed by atoms with Crippen LogP contribution in [0.25, 0.3) is 11.4 Å². The SMILES string of the molecule is CCNC(=NCc1cccc(-c2ncn[nH]2)c1)NCc1ccccc1Cn1cccn1. The molecule has 8 nitrogen and oxygen atoms in total. The molecule has 0 saturated heterocycles. The molecule has 0 fully saturated rings. The van der Waals surface area contributed by atoms with Crippen molar-refractivity contribution in [2.24, 2.45) is 4.99 Å². The minimum absolute atomic E-state index is 0.562. The third-order valence-corrected chi connectivity index (χ3v) is 4.84. The number of rotatable bonds is 8. The monoisotopic (exact) mass is 414 g/mol. The fourth-order valence-corrected chi connectivity index (χ4v) is 3.31. The maximum Gasteiger partial charge on any atom is 0.191 e. The minimum Gasteiger partial charge on any atom is -0.357 e. The largest absolute Gasteiger partial charge is 0.357 e. The Labute approximate surface area is 181 Å². The number of aromatic nitrogens is 5. The molecule has 158 valence electrons. The van der Waals surface area contributed by atoms with Gasteiger partial charge in [0.05, 0.1) is 13.1 Å². The van der Waals surface area contributed by atoms with Gasteiger partial charge in [-0.2, -0.15) is 10.2 Å². The van der Waals surface area contributed by atoms with Crippen molar-refractivity contribution in [2.75, 3.05) is 6.54 Å². The molecule has 0 aliphatic heterocycles. The van der Waals surface area contributed by atoms with Crippen LogP contribution in [0, 0.1) is 0 Å². The lowest BCUT2D eigenvalue weighted by molar-refractivity contribution is 0.677. The summed E-state index contributed by atoms with van der Waals surface area (Å²) in [7, 11) is 0. The third kappa shape index (κ3) is 5.57. The standard InChI is InChI=1S/C23H26N8/c1-2-24-23(25-14-18-7-5-10-19(13-18)22-27-17-28-30-22)26-15-20-8-3-4-9-21(20)16-31-12-6-11-29-31/h3-13,17H,2,14-16H2,1H3,(H2,24,25,26)(H,27,28,30). The Morgan fingerprint density at radius 1 is 1.06 bits per heavy atom. The number of aromatic amines is 1. The molecule has 4 aromatic rings. The minimum atomic E-state index is 0.562. The van der Waals surface area contributed by atoms with Crippen molar-refractivity contribution in [1.82, 2.24) is 35.6 Å². The quantitative estimate of drug-likeness (QED) is 0.304. The van der Waals surface area contributed by atoms with Crippen LogP contribution in [0.1, 0.15) is 23.6 Å². The topological polar surface area (TPSA) is 95.8 Å². The van der Waals surface area contributed by atoms with Gasteiger partial charge in [-0.05, 0) is 35.7 Å². The molecule has 0 saturated carbocycles. The molecule has 0 bridgehead atoms. The lowest BCUT2D eigenvalue weighted by Crippen LogP contribution is -2.37. The highest BCUT2D eigenvalue weighted by molar-refractivity contribution is 5.79. The van der Waals surface area contributed by atoms with Gasteiger partial charge in [0.1, 0.15) is 6.33 Å². The molecule has 31 heavy (non-hydrogen) atoms. The molecular formula is C23H26N8. The first-order valence-electron chi connectivity index (χ1n) is 10.3. The van der Waals surface area contributed by atoms with E-state index >= 15 is 0 Å². The van der Waals surface area contributed by atoms with Crippen LogP contribution in [0.15, 0.2) is 78.3 Å². The molecule has 0 aliphatic rings. The van der Waals surface area contributed by atoms with Crippen LogP contribution in [0.4, 0.5) is 0 Å². The van der Waals surface area contributed by atoms with E-state index in [1.807, 2.05) is 29.1 Å². The van der Waals surface area contributed by atoms with Crippen molar-refractivity contribution >= 4 is 5.96 Å². The van der Waals surface area contributed by atoms with Crippen molar-refractivity contribution in [1.29, 1.82) is 0 Å². The summed E-state index contributed by atoms with van der Waals surface area (Å²) in [6.07, 6.45) is 5.29. The molecule has 0 atom stereocenters. The van der Waals surface area contributed by atoms with Crippen LogP contribution in [0.5, 0.6) is 0 Å². The fourth-order valence-electron chi connectivity index (χ4n) is 3.31. The van der Waals surface area contributed by atoms with Gasteiger partial charge < -0.3 is 10.6 Å². The van der Waals surface area contributed by atoms with Crippen molar-refractivity contribution in [3.8, 4) is 11.4 Å². The summed E-state index contributed by atoms with van der Waals surface area (Å²) in [4.78, 5) is 8.97. The zero-order valence-corrected chi connectivity index (χ0v) is 17.5. The van der Waals surface area contributed by atoms with Gasteiger partial charge in [0.15, 0.2) is 11.8 Å². The highest BCUT2D eigenvalue weighted by Crippen LogP contribution is 2.16. The van der Waals surface area contributed by atoms with Gasteiger partial charge in [-0.1, -0.05) is 42.5 Å². The van der Waals surface area contributed by atoms with Crippen molar-refractivity contribution < 1.29 is 0 Å². The second-order valence-electron chi connectivity index (χ2n) is 7.06. The number of hydrogen-bond acceptors (Lipinski definition) is 4. The number of hydrogen-bond donors (Lipinski definition) is 3. The summed E-state index contributed by atoms with van der Waals surface area (Å²) in [5.41, 5.74) is 4.55. The highest BCUT2D eigenvalue weighted by atomic mass is 15.3. The Bertz CT molecular complexity index is 1100. The van der Waals surface area contributed by atoms with E-state index < -0.39 is 0 Å². The van der Waals surface area contributed by atoms with Gasteiger partial charge in [-0.15, -0.1) is 0 Å². The molecule has 2 aromatic heterocycles. The Kier molecular flexibility index (Phi) is 6.69. The second kappa shape index (κ2) is 10.2. The van der Waals surface area contributed by atoms with E-state index in [0.29, 0.717) is 13.1 Å². The van der Waals surface area contributed by atoms with E-state index in [2.05, 4.69) is 74.2 Å². The predicted molar refractivity (Wildman–Crippen MR) is 121 cm³/mol. The lowest BCUT2D eigenvalue weighted by atomic mass is 10.1. The van der Waals surface area contributed by atoms with Crippen molar-refractivity contribution in [3.63, 3.8) is 0 Å². The number of nitrogens with zero attached hydrogens (tertiary/aromatic N) is 5. The van der Waals surface area contributed by atoms with Gasteiger partial charge in [-0.3, -0.25) is 9.78 Å². The van der Waals surface area contributed by atoms with E-state index in [4.69, 9.17) is 4.99 Å². The Morgan fingerprint density at radius 3 is 2.74 bits per heavy atom. The lowest BCUT2D eigenvalue weighted by Gasteiger charge is -2.14. The molecule has 8 heteroatoms. The molecule has 0 radical (unpaired) electrons. The summed E-state index contributed by atoms with van der Waals surface area (Å²) in [5.74, 6) is 1.53. The highest BCUT2D eigenvalue weighted by Gasteiger charge is 2.06. The van der Waals surface area contributed by atoms with Gasteiger partial charge in [-0.25, -0.2) is 9.98 Å².